The van der Waals surface area contributed by atoms with Gasteiger partial charge in [0.15, 0.2) is 0 Å². The van der Waals surface area contributed by atoms with Crippen molar-refractivity contribution < 1.29 is 9.90 Å². The van der Waals surface area contributed by atoms with E-state index >= 15 is 0 Å². The molecule has 20 heavy (non-hydrogen) atoms. The average Bonchev–Trinajstić information content (AvgIpc) is 2.44. The van der Waals surface area contributed by atoms with Crippen molar-refractivity contribution in [1.29, 1.82) is 0 Å². The van der Waals surface area contributed by atoms with Gasteiger partial charge in [-0.1, -0.05) is 30.3 Å². The van der Waals surface area contributed by atoms with E-state index in [0.717, 1.165) is 5.56 Å². The van der Waals surface area contributed by atoms with Crippen molar-refractivity contribution in [2.45, 2.75) is 32.4 Å². The first-order chi connectivity index (χ1) is 9.47. The summed E-state index contributed by atoms with van der Waals surface area (Å²) in [5.41, 5.74) is 1.06. The van der Waals surface area contributed by atoms with Crippen LogP contribution in [-0.2, 0) is 4.79 Å². The number of aliphatic hydroxyl groups is 1. The zero-order chi connectivity index (χ0) is 15.1. The van der Waals surface area contributed by atoms with Crippen molar-refractivity contribution in [2.75, 3.05) is 27.2 Å². The third kappa shape index (κ3) is 4.62. The Balaban J connectivity index is 2.79. The van der Waals surface area contributed by atoms with Crippen molar-refractivity contribution in [3.8, 4) is 0 Å². The van der Waals surface area contributed by atoms with E-state index in [4.69, 9.17) is 0 Å². The minimum Gasteiger partial charge on any atom is -0.396 e. The Bertz CT molecular complexity index is 406. The van der Waals surface area contributed by atoms with Gasteiger partial charge in [-0.3, -0.25) is 9.69 Å². The van der Waals surface area contributed by atoms with Crippen LogP contribution in [0.15, 0.2) is 30.3 Å². The summed E-state index contributed by atoms with van der Waals surface area (Å²) in [7, 11) is 3.75. The van der Waals surface area contributed by atoms with Crippen molar-refractivity contribution in [1.82, 2.24) is 9.80 Å². The molecule has 0 spiro atoms. The number of hydrogen-bond acceptors (Lipinski definition) is 3. The molecule has 0 radical (unpaired) electrons. The molecule has 0 bridgehead atoms. The monoisotopic (exact) mass is 278 g/mol. The molecule has 0 saturated heterocycles. The first kappa shape index (κ1) is 16.7. The van der Waals surface area contributed by atoms with Gasteiger partial charge in [0.25, 0.3) is 0 Å². The van der Waals surface area contributed by atoms with Crippen LogP contribution in [0.4, 0.5) is 0 Å². The van der Waals surface area contributed by atoms with Gasteiger partial charge >= 0.3 is 0 Å². The zero-order valence-corrected chi connectivity index (χ0v) is 12.9. The molecule has 1 N–H and O–H groups in total. The first-order valence-electron chi connectivity index (χ1n) is 7.09. The minimum absolute atomic E-state index is 0.0667. The highest BCUT2D eigenvalue weighted by atomic mass is 16.3. The van der Waals surface area contributed by atoms with Gasteiger partial charge in [0.05, 0.1) is 12.6 Å². The van der Waals surface area contributed by atoms with Crippen molar-refractivity contribution in [3.63, 3.8) is 0 Å². The van der Waals surface area contributed by atoms with Crippen LogP contribution in [0.3, 0.4) is 0 Å². The maximum absolute atomic E-state index is 12.4. The van der Waals surface area contributed by atoms with Crippen molar-refractivity contribution in [3.05, 3.63) is 35.9 Å². The molecule has 0 aliphatic heterocycles. The topological polar surface area (TPSA) is 43.8 Å². The van der Waals surface area contributed by atoms with Gasteiger partial charge < -0.3 is 10.0 Å². The van der Waals surface area contributed by atoms with Gasteiger partial charge in [0, 0.05) is 19.7 Å². The smallest absolute Gasteiger partial charge is 0.237 e. The van der Waals surface area contributed by atoms with E-state index in [1.165, 1.54) is 0 Å². The van der Waals surface area contributed by atoms with Crippen LogP contribution in [0.5, 0.6) is 0 Å². The van der Waals surface area contributed by atoms with Crippen LogP contribution in [0.1, 0.15) is 31.9 Å². The summed E-state index contributed by atoms with van der Waals surface area (Å²) in [6.45, 7) is 4.59. The lowest BCUT2D eigenvalue weighted by molar-refractivity contribution is -0.133. The number of hydrogen-bond donors (Lipinski definition) is 1. The number of carbonyl (C=O) groups excluding carboxylic acids is 1. The van der Waals surface area contributed by atoms with E-state index < -0.39 is 0 Å². The molecule has 0 aromatic heterocycles. The van der Waals surface area contributed by atoms with E-state index in [2.05, 4.69) is 13.8 Å². The molecule has 0 aliphatic rings. The third-order valence-electron chi connectivity index (χ3n) is 3.71. The van der Waals surface area contributed by atoms with Crippen molar-refractivity contribution in [2.24, 2.45) is 0 Å². The molecular weight excluding hydrogens is 252 g/mol. The zero-order valence-electron chi connectivity index (χ0n) is 12.9. The summed E-state index contributed by atoms with van der Waals surface area (Å²) in [4.78, 5) is 16.1. The highest BCUT2D eigenvalue weighted by Crippen LogP contribution is 2.22. The van der Waals surface area contributed by atoms with Crippen LogP contribution in [-0.4, -0.2) is 54.1 Å². The second-order valence-electron chi connectivity index (χ2n) is 5.45. The molecule has 4 nitrogen and oxygen atoms in total. The molecule has 1 unspecified atom stereocenters. The van der Waals surface area contributed by atoms with Crippen molar-refractivity contribution >= 4 is 5.91 Å². The Morgan fingerprint density at radius 1 is 1.20 bits per heavy atom. The summed E-state index contributed by atoms with van der Waals surface area (Å²) in [5.74, 6) is 0.0727. The van der Waals surface area contributed by atoms with Gasteiger partial charge in [-0.05, 0) is 32.9 Å². The van der Waals surface area contributed by atoms with Crippen LogP contribution in [0.25, 0.3) is 0 Å². The summed E-state index contributed by atoms with van der Waals surface area (Å²) in [6, 6.07) is 10.1. The number of nitrogens with zero attached hydrogens (tertiary/aromatic N) is 2. The molecule has 0 heterocycles. The molecule has 1 aromatic rings. The standard InChI is InChI=1S/C16H26N2O2/c1-13(2)17(3)12-16(20)18(4)15(10-11-19)14-8-6-5-7-9-14/h5-9,13,15,19H,10-12H2,1-4H3. The maximum atomic E-state index is 12.4. The van der Waals surface area contributed by atoms with Gasteiger partial charge in [0.2, 0.25) is 5.91 Å². The largest absolute Gasteiger partial charge is 0.396 e. The predicted molar refractivity (Wildman–Crippen MR) is 81.4 cm³/mol. The lowest BCUT2D eigenvalue weighted by Crippen LogP contribution is -2.41. The van der Waals surface area contributed by atoms with Gasteiger partial charge in [-0.2, -0.15) is 0 Å². The number of rotatable bonds is 7. The average molecular weight is 278 g/mol. The molecule has 1 aromatic carbocycles. The number of aliphatic hydroxyl groups excluding tert-OH is 1. The molecule has 112 valence electrons. The summed E-state index contributed by atoms with van der Waals surface area (Å²) >= 11 is 0. The Kier molecular flexibility index (Phi) is 6.68. The SMILES string of the molecule is CC(C)N(C)CC(=O)N(C)C(CCO)c1ccccc1. The Morgan fingerprint density at radius 2 is 1.80 bits per heavy atom. The van der Waals surface area contributed by atoms with Crippen LogP contribution in [0, 0.1) is 0 Å². The third-order valence-corrected chi connectivity index (χ3v) is 3.71. The normalized spacial score (nSPS) is 12.8. The van der Waals surface area contributed by atoms with E-state index in [9.17, 15) is 9.90 Å². The number of benzene rings is 1. The van der Waals surface area contributed by atoms with E-state index in [-0.39, 0.29) is 18.6 Å². The molecule has 1 atom stereocenters. The lowest BCUT2D eigenvalue weighted by Gasteiger charge is -2.31. The minimum atomic E-state index is -0.0748. The number of likely N-dealkylation sites (N-methyl/N-ethyl adjacent to an activating group) is 2. The molecule has 0 aliphatic carbocycles. The highest BCUT2D eigenvalue weighted by molar-refractivity contribution is 5.78. The van der Waals surface area contributed by atoms with E-state index in [0.29, 0.717) is 19.0 Å². The molecular formula is C16H26N2O2. The Hall–Kier alpha value is -1.39. The quantitative estimate of drug-likeness (QED) is 0.828. The highest BCUT2D eigenvalue weighted by Gasteiger charge is 2.22. The van der Waals surface area contributed by atoms with Crippen LogP contribution >= 0.6 is 0 Å². The molecule has 1 amide bonds. The fraction of sp³-hybridized carbons (Fsp3) is 0.562. The lowest BCUT2D eigenvalue weighted by atomic mass is 10.0. The predicted octanol–water partition coefficient (Wildman–Crippen LogP) is 1.91. The summed E-state index contributed by atoms with van der Waals surface area (Å²) < 4.78 is 0. The summed E-state index contributed by atoms with van der Waals surface area (Å²) in [5, 5.41) is 9.25. The molecule has 1 rings (SSSR count). The molecule has 0 saturated carbocycles. The second-order valence-corrected chi connectivity index (χ2v) is 5.45. The van der Waals surface area contributed by atoms with Crippen LogP contribution < -0.4 is 0 Å². The maximum Gasteiger partial charge on any atom is 0.237 e. The van der Waals surface area contributed by atoms with Gasteiger partial charge in [0.1, 0.15) is 0 Å². The molecule has 0 fully saturated rings. The fourth-order valence-corrected chi connectivity index (χ4v) is 2.06. The van der Waals surface area contributed by atoms with Crippen LogP contribution in [0.2, 0.25) is 0 Å². The van der Waals surface area contributed by atoms with E-state index in [1.807, 2.05) is 49.3 Å². The molecule has 4 heteroatoms. The second kappa shape index (κ2) is 8.02. The van der Waals surface area contributed by atoms with Gasteiger partial charge in [-0.25, -0.2) is 0 Å². The van der Waals surface area contributed by atoms with E-state index in [1.54, 1.807) is 4.90 Å². The van der Waals surface area contributed by atoms with Gasteiger partial charge in [-0.15, -0.1) is 0 Å². The Morgan fingerprint density at radius 3 is 2.30 bits per heavy atom. The number of amides is 1. The number of carbonyl (C=O) groups is 1. The fourth-order valence-electron chi connectivity index (χ4n) is 2.06. The summed E-state index contributed by atoms with van der Waals surface area (Å²) in [6.07, 6.45) is 0.553. The Labute approximate surface area is 122 Å². The first-order valence-corrected chi connectivity index (χ1v) is 7.09.